The number of carbonyl (C=O) groups is 1. The van der Waals surface area contributed by atoms with E-state index in [4.69, 9.17) is 9.15 Å². The van der Waals surface area contributed by atoms with Gasteiger partial charge in [-0.05, 0) is 41.8 Å². The normalized spacial score (nSPS) is 14.7. The van der Waals surface area contributed by atoms with Gasteiger partial charge in [0.15, 0.2) is 6.61 Å². The lowest BCUT2D eigenvalue weighted by Crippen LogP contribution is -2.49. The van der Waals surface area contributed by atoms with Crippen molar-refractivity contribution in [2.24, 2.45) is 0 Å². The van der Waals surface area contributed by atoms with Crippen LogP contribution >= 0.6 is 0 Å². The van der Waals surface area contributed by atoms with Crippen LogP contribution in [0.15, 0.2) is 58.0 Å². The average Bonchev–Trinajstić information content (AvgIpc) is 2.78. The third-order valence-electron chi connectivity index (χ3n) is 5.56. The van der Waals surface area contributed by atoms with Gasteiger partial charge in [-0.2, -0.15) is 0 Å². The van der Waals surface area contributed by atoms with Gasteiger partial charge >= 0.3 is 5.63 Å². The molecule has 0 radical (unpaired) electrons. The topological polar surface area (TPSA) is 75.9 Å². The number of fused-ring (bicyclic) bond motifs is 1. The third kappa shape index (κ3) is 5.30. The molecule has 1 fully saturated rings. The Hall–Kier alpha value is -3.19. The van der Waals surface area contributed by atoms with Gasteiger partial charge in [0.05, 0.1) is 0 Å². The number of rotatable bonds is 7. The van der Waals surface area contributed by atoms with E-state index < -0.39 is 0 Å². The molecule has 7 heteroatoms. The van der Waals surface area contributed by atoms with E-state index in [-0.39, 0.29) is 18.1 Å². The van der Waals surface area contributed by atoms with E-state index in [9.17, 15) is 9.59 Å². The van der Waals surface area contributed by atoms with E-state index >= 15 is 0 Å². The molecule has 4 rings (SSSR count). The number of pyridine rings is 1. The van der Waals surface area contributed by atoms with Gasteiger partial charge in [-0.15, -0.1) is 0 Å². The molecule has 31 heavy (non-hydrogen) atoms. The molecule has 1 saturated heterocycles. The van der Waals surface area contributed by atoms with Crippen molar-refractivity contribution >= 4 is 16.9 Å². The van der Waals surface area contributed by atoms with Crippen LogP contribution < -0.4 is 10.4 Å². The molecule has 1 aliphatic rings. The standard InChI is InChI=1S/C24H27N3O4/c1-2-3-19-14-24(29)31-22-15-20(4-5-21(19)22)30-17-23(28)27-12-10-26(11-13-27)16-18-6-8-25-9-7-18/h4-9,14-15H,2-3,10-13,16-17H2,1H3. The number of hydrogen-bond acceptors (Lipinski definition) is 6. The SMILES string of the molecule is CCCc1cc(=O)oc2cc(OCC(=O)N3CCN(Cc4ccncc4)CC3)ccc12. The minimum Gasteiger partial charge on any atom is -0.484 e. The number of hydrogen-bond donors (Lipinski definition) is 0. The summed E-state index contributed by atoms with van der Waals surface area (Å²) in [6, 6.07) is 11.0. The number of ether oxygens (including phenoxy) is 1. The first-order chi connectivity index (χ1) is 15.1. The first-order valence-corrected chi connectivity index (χ1v) is 10.7. The Kier molecular flexibility index (Phi) is 6.62. The monoisotopic (exact) mass is 421 g/mol. The molecule has 0 aliphatic carbocycles. The van der Waals surface area contributed by atoms with Crippen LogP contribution in [0.1, 0.15) is 24.5 Å². The molecule has 3 heterocycles. The number of amides is 1. The smallest absolute Gasteiger partial charge is 0.336 e. The van der Waals surface area contributed by atoms with Crippen LogP contribution in [0.25, 0.3) is 11.0 Å². The van der Waals surface area contributed by atoms with Crippen molar-refractivity contribution in [3.05, 3.63) is 70.3 Å². The number of aryl methyl sites for hydroxylation is 1. The maximum absolute atomic E-state index is 12.6. The van der Waals surface area contributed by atoms with Crippen molar-refractivity contribution < 1.29 is 13.9 Å². The maximum atomic E-state index is 12.6. The van der Waals surface area contributed by atoms with Crippen LogP contribution in [0, 0.1) is 0 Å². The van der Waals surface area contributed by atoms with Gasteiger partial charge in [-0.1, -0.05) is 13.3 Å². The second-order valence-electron chi connectivity index (χ2n) is 7.80. The van der Waals surface area contributed by atoms with E-state index in [0.29, 0.717) is 24.4 Å². The molecule has 2 aromatic heterocycles. The lowest BCUT2D eigenvalue weighted by Gasteiger charge is -2.34. The molecule has 162 valence electrons. The summed E-state index contributed by atoms with van der Waals surface area (Å²) in [5.74, 6) is 0.485. The van der Waals surface area contributed by atoms with Crippen LogP contribution in [0.4, 0.5) is 0 Å². The zero-order valence-electron chi connectivity index (χ0n) is 17.8. The van der Waals surface area contributed by atoms with Crippen molar-refractivity contribution in [2.75, 3.05) is 32.8 Å². The van der Waals surface area contributed by atoms with E-state index in [0.717, 1.165) is 43.4 Å². The number of piperazine rings is 1. The van der Waals surface area contributed by atoms with E-state index in [1.807, 2.05) is 29.2 Å². The summed E-state index contributed by atoms with van der Waals surface area (Å²) in [6.45, 7) is 5.92. The molecular weight excluding hydrogens is 394 g/mol. The summed E-state index contributed by atoms with van der Waals surface area (Å²) in [7, 11) is 0. The fourth-order valence-corrected chi connectivity index (χ4v) is 3.91. The molecule has 0 spiro atoms. The largest absolute Gasteiger partial charge is 0.484 e. The summed E-state index contributed by atoms with van der Waals surface area (Å²) in [5.41, 5.74) is 2.32. The van der Waals surface area contributed by atoms with Gasteiger partial charge in [0.1, 0.15) is 11.3 Å². The number of nitrogens with zero attached hydrogens (tertiary/aromatic N) is 3. The Morgan fingerprint density at radius 1 is 1.10 bits per heavy atom. The van der Waals surface area contributed by atoms with Crippen molar-refractivity contribution in [3.63, 3.8) is 0 Å². The number of benzene rings is 1. The Labute approximate surface area is 181 Å². The molecule has 3 aromatic rings. The molecule has 0 bridgehead atoms. The minimum absolute atomic E-state index is 0.0330. The summed E-state index contributed by atoms with van der Waals surface area (Å²) >= 11 is 0. The zero-order valence-corrected chi connectivity index (χ0v) is 17.8. The highest BCUT2D eigenvalue weighted by molar-refractivity contribution is 5.82. The van der Waals surface area contributed by atoms with Gasteiger partial charge < -0.3 is 14.1 Å². The van der Waals surface area contributed by atoms with Crippen LogP contribution in [-0.2, 0) is 17.8 Å². The molecule has 0 N–H and O–H groups in total. The molecule has 0 atom stereocenters. The van der Waals surface area contributed by atoms with Crippen LogP contribution in [0.5, 0.6) is 5.75 Å². The summed E-state index contributed by atoms with van der Waals surface area (Å²) in [5, 5.41) is 0.908. The van der Waals surface area contributed by atoms with Gasteiger partial charge in [-0.25, -0.2) is 4.79 Å². The first-order valence-electron chi connectivity index (χ1n) is 10.7. The Bertz CT molecular complexity index is 1090. The third-order valence-corrected chi connectivity index (χ3v) is 5.56. The quantitative estimate of drug-likeness (QED) is 0.546. The summed E-state index contributed by atoms with van der Waals surface area (Å²) in [6.07, 6.45) is 5.36. The van der Waals surface area contributed by atoms with Crippen LogP contribution in [-0.4, -0.2) is 53.5 Å². The van der Waals surface area contributed by atoms with Crippen molar-refractivity contribution in [1.29, 1.82) is 0 Å². The molecule has 0 saturated carbocycles. The number of carbonyl (C=O) groups excluding carboxylic acids is 1. The van der Waals surface area contributed by atoms with Crippen molar-refractivity contribution in [3.8, 4) is 5.75 Å². The maximum Gasteiger partial charge on any atom is 0.336 e. The first kappa shape index (κ1) is 21.1. The molecule has 1 aliphatic heterocycles. The fraction of sp³-hybridized carbons (Fsp3) is 0.375. The number of aromatic nitrogens is 1. The molecule has 1 aromatic carbocycles. The minimum atomic E-state index is -0.367. The Morgan fingerprint density at radius 2 is 1.87 bits per heavy atom. The van der Waals surface area contributed by atoms with Gasteiger partial charge in [0.25, 0.3) is 5.91 Å². The fourth-order valence-electron chi connectivity index (χ4n) is 3.91. The van der Waals surface area contributed by atoms with Gasteiger partial charge in [-0.3, -0.25) is 14.7 Å². The second kappa shape index (κ2) is 9.75. The van der Waals surface area contributed by atoms with Gasteiger partial charge in [0, 0.05) is 62.6 Å². The molecule has 7 nitrogen and oxygen atoms in total. The second-order valence-corrected chi connectivity index (χ2v) is 7.80. The Morgan fingerprint density at radius 3 is 2.61 bits per heavy atom. The van der Waals surface area contributed by atoms with Crippen LogP contribution in [0.2, 0.25) is 0 Å². The van der Waals surface area contributed by atoms with Crippen LogP contribution in [0.3, 0.4) is 0 Å². The van der Waals surface area contributed by atoms with Gasteiger partial charge in [0.2, 0.25) is 0 Å². The Balaban J connectivity index is 1.31. The predicted octanol–water partition coefficient (Wildman–Crippen LogP) is 2.86. The molecule has 1 amide bonds. The lowest BCUT2D eigenvalue weighted by molar-refractivity contribution is -0.135. The summed E-state index contributed by atoms with van der Waals surface area (Å²) < 4.78 is 11.1. The lowest BCUT2D eigenvalue weighted by atomic mass is 10.1. The van der Waals surface area contributed by atoms with E-state index in [1.165, 1.54) is 5.56 Å². The van der Waals surface area contributed by atoms with E-state index in [2.05, 4.69) is 16.8 Å². The predicted molar refractivity (Wildman–Crippen MR) is 118 cm³/mol. The molecule has 0 unspecified atom stereocenters. The van der Waals surface area contributed by atoms with Crippen molar-refractivity contribution in [2.45, 2.75) is 26.3 Å². The average molecular weight is 421 g/mol. The van der Waals surface area contributed by atoms with Crippen molar-refractivity contribution in [1.82, 2.24) is 14.8 Å². The summed E-state index contributed by atoms with van der Waals surface area (Å²) in [4.78, 5) is 32.6. The zero-order chi connectivity index (χ0) is 21.6. The highest BCUT2D eigenvalue weighted by Crippen LogP contribution is 2.23. The van der Waals surface area contributed by atoms with E-state index in [1.54, 1.807) is 24.5 Å². The molecular formula is C24H27N3O4. The highest BCUT2D eigenvalue weighted by atomic mass is 16.5. The highest BCUT2D eigenvalue weighted by Gasteiger charge is 2.21.